The fourth-order valence-corrected chi connectivity index (χ4v) is 3.35. The lowest BCUT2D eigenvalue weighted by Crippen LogP contribution is -2.45. The van der Waals surface area contributed by atoms with Crippen LogP contribution in [-0.2, 0) is 9.39 Å². The molecule has 0 saturated carbocycles. The van der Waals surface area contributed by atoms with Crippen molar-refractivity contribution < 1.29 is 9.39 Å². The van der Waals surface area contributed by atoms with E-state index in [-0.39, 0.29) is 18.1 Å². The minimum atomic E-state index is -0.0815. The van der Waals surface area contributed by atoms with Crippen LogP contribution in [-0.4, -0.2) is 24.7 Å². The quantitative estimate of drug-likeness (QED) is 0.315. The highest BCUT2D eigenvalue weighted by Crippen LogP contribution is 2.38. The van der Waals surface area contributed by atoms with E-state index < -0.39 is 0 Å². The Kier molecular flexibility index (Phi) is 8.30. The van der Waals surface area contributed by atoms with Crippen LogP contribution in [0.15, 0.2) is 9.66 Å². The summed E-state index contributed by atoms with van der Waals surface area (Å²) < 4.78 is 14.0. The number of rotatable bonds is 5. The van der Waals surface area contributed by atoms with Crippen LogP contribution < -0.4 is 0 Å². The predicted octanol–water partition coefficient (Wildman–Crippen LogP) is 4.20. The molecule has 0 bridgehead atoms. The maximum atomic E-state index is 6.33. The second-order valence-electron chi connectivity index (χ2n) is 5.58. The Bertz CT molecular complexity index is 317. The topological polar surface area (TPSA) is 18.5 Å². The Balaban J connectivity index is 2.65. The lowest BCUT2D eigenvalue weighted by atomic mass is 9.74. The molecule has 1 aliphatic rings. The highest BCUT2D eigenvalue weighted by molar-refractivity contribution is 14.1. The lowest BCUT2D eigenvalue weighted by Gasteiger charge is -2.44. The number of thiol groups is 1. The molecule has 6 atom stereocenters. The molecule has 2 nitrogen and oxygen atoms in total. The summed E-state index contributed by atoms with van der Waals surface area (Å²) >= 11 is 6.51. The molecule has 1 aliphatic heterocycles. The first-order valence-corrected chi connectivity index (χ1v) is 9.29. The third-order valence-electron chi connectivity index (χ3n) is 4.36. The van der Waals surface area contributed by atoms with Gasteiger partial charge in [0.2, 0.25) is 0 Å². The van der Waals surface area contributed by atoms with E-state index in [0.717, 1.165) is 6.42 Å². The summed E-state index contributed by atoms with van der Waals surface area (Å²) in [4.78, 5) is 0. The van der Waals surface area contributed by atoms with Crippen LogP contribution in [0.4, 0.5) is 0 Å². The average molecular weight is 414 g/mol. The van der Waals surface area contributed by atoms with Crippen molar-refractivity contribution in [2.45, 2.75) is 46.3 Å². The van der Waals surface area contributed by atoms with Gasteiger partial charge in [0.05, 0.1) is 12.2 Å². The van der Waals surface area contributed by atoms with Gasteiger partial charge in [0, 0.05) is 6.61 Å². The molecule has 0 aromatic heterocycles. The van der Waals surface area contributed by atoms with Gasteiger partial charge in [0.15, 0.2) is 0 Å². The van der Waals surface area contributed by atoms with E-state index >= 15 is 0 Å². The van der Waals surface area contributed by atoms with Gasteiger partial charge in [-0.25, -0.2) is 0 Å². The zero-order valence-corrected chi connectivity index (χ0v) is 16.4. The largest absolute Gasteiger partial charge is 0.422 e. The summed E-state index contributed by atoms with van der Waals surface area (Å²) in [5.74, 6) is 1.72. The SMILES string of the molecule is C/C(=C\I)[C@@H]1O[C@H](CCOB(P)S)[C@H](C)[C@H](C)[C@H]1C. The second-order valence-corrected chi connectivity index (χ2v) is 7.87. The van der Waals surface area contributed by atoms with Gasteiger partial charge in [-0.15, -0.1) is 9.12 Å². The molecule has 0 N–H and O–H groups in total. The molecule has 0 aliphatic carbocycles. The van der Waals surface area contributed by atoms with E-state index in [1.807, 2.05) is 0 Å². The van der Waals surface area contributed by atoms with E-state index in [1.54, 1.807) is 0 Å². The maximum absolute atomic E-state index is 6.33. The average Bonchev–Trinajstić information content (AvgIpc) is 2.37. The van der Waals surface area contributed by atoms with E-state index in [4.69, 9.17) is 9.39 Å². The van der Waals surface area contributed by atoms with Crippen LogP contribution in [0.1, 0.15) is 34.1 Å². The Morgan fingerprint density at radius 1 is 1.37 bits per heavy atom. The minimum Gasteiger partial charge on any atom is -0.422 e. The molecule has 110 valence electrons. The molecule has 1 unspecified atom stereocenters. The van der Waals surface area contributed by atoms with Crippen LogP contribution in [0.3, 0.4) is 0 Å². The first-order chi connectivity index (χ1) is 8.88. The van der Waals surface area contributed by atoms with E-state index in [1.165, 1.54) is 5.57 Å². The summed E-state index contributed by atoms with van der Waals surface area (Å²) in [6, 6.07) is 0. The van der Waals surface area contributed by atoms with Crippen LogP contribution in [0.5, 0.6) is 0 Å². The van der Waals surface area contributed by atoms with Gasteiger partial charge in [0.1, 0.15) is 0 Å². The first kappa shape index (κ1) is 18.3. The highest BCUT2D eigenvalue weighted by atomic mass is 127. The summed E-state index contributed by atoms with van der Waals surface area (Å²) in [5, 5.41) is 0. The highest BCUT2D eigenvalue weighted by Gasteiger charge is 2.39. The summed E-state index contributed by atoms with van der Waals surface area (Å²) in [5.41, 5.74) is 1.33. The fourth-order valence-electron chi connectivity index (χ4n) is 2.75. The fraction of sp³-hybridized carbons (Fsp3) is 0.846. The maximum Gasteiger partial charge on any atom is 0.380 e. The molecule has 1 rings (SSSR count). The molecule has 1 heterocycles. The molecule has 0 spiro atoms. The lowest BCUT2D eigenvalue weighted by molar-refractivity contribution is -0.122. The summed E-state index contributed by atoms with van der Waals surface area (Å²) in [6.07, 6.45) is 1.46. The number of halogens is 1. The van der Waals surface area contributed by atoms with Gasteiger partial charge in [-0.2, -0.15) is 12.5 Å². The molecular weight excluding hydrogens is 389 g/mol. The zero-order valence-electron chi connectivity index (χ0n) is 12.2. The molecule has 0 aromatic carbocycles. The number of hydrogen-bond donors (Lipinski definition) is 1. The van der Waals surface area contributed by atoms with Gasteiger partial charge in [-0.3, -0.25) is 0 Å². The van der Waals surface area contributed by atoms with E-state index in [9.17, 15) is 0 Å². The second kappa shape index (κ2) is 8.62. The Labute approximate surface area is 139 Å². The first-order valence-electron chi connectivity index (χ1n) is 6.86. The van der Waals surface area contributed by atoms with Crippen molar-refractivity contribution in [3.05, 3.63) is 9.66 Å². The van der Waals surface area contributed by atoms with Gasteiger partial charge in [0.25, 0.3) is 0 Å². The van der Waals surface area contributed by atoms with Crippen molar-refractivity contribution in [2.75, 3.05) is 6.61 Å². The molecule has 6 heteroatoms. The van der Waals surface area contributed by atoms with Crippen molar-refractivity contribution in [3.63, 3.8) is 0 Å². The molecule has 1 saturated heterocycles. The minimum absolute atomic E-state index is 0.0815. The zero-order chi connectivity index (χ0) is 14.6. The molecule has 0 amide bonds. The van der Waals surface area contributed by atoms with E-state index in [0.29, 0.717) is 24.4 Å². The van der Waals surface area contributed by atoms with Crippen LogP contribution in [0.25, 0.3) is 0 Å². The van der Waals surface area contributed by atoms with Gasteiger partial charge in [-0.05, 0) is 40.8 Å². The van der Waals surface area contributed by atoms with Crippen molar-refractivity contribution in [2.24, 2.45) is 17.8 Å². The molecule has 19 heavy (non-hydrogen) atoms. The van der Waals surface area contributed by atoms with Gasteiger partial charge >= 0.3 is 5.91 Å². The van der Waals surface area contributed by atoms with E-state index in [2.05, 4.69) is 76.0 Å². The Morgan fingerprint density at radius 2 is 2.00 bits per heavy atom. The molecule has 0 aromatic rings. The summed E-state index contributed by atoms with van der Waals surface area (Å²) in [6.45, 7) is 9.80. The smallest absolute Gasteiger partial charge is 0.380 e. The molecule has 1 fully saturated rings. The number of ether oxygens (including phenoxy) is 1. The normalized spacial score (nSPS) is 36.4. The van der Waals surface area contributed by atoms with Crippen molar-refractivity contribution in [1.82, 2.24) is 0 Å². The molecule has 0 radical (unpaired) electrons. The van der Waals surface area contributed by atoms with Gasteiger partial charge < -0.3 is 9.39 Å². The third-order valence-corrected chi connectivity index (χ3v) is 5.68. The summed E-state index contributed by atoms with van der Waals surface area (Å²) in [7, 11) is 2.54. The Hall–Kier alpha value is 1.23. The van der Waals surface area contributed by atoms with Crippen LogP contribution >= 0.6 is 44.2 Å². The van der Waals surface area contributed by atoms with Crippen molar-refractivity contribution in [1.29, 1.82) is 0 Å². The monoisotopic (exact) mass is 414 g/mol. The third kappa shape index (κ3) is 5.17. The Morgan fingerprint density at radius 3 is 2.53 bits per heavy atom. The molecular formula is C13H25BIO2PS. The predicted molar refractivity (Wildman–Crippen MR) is 98.9 cm³/mol. The van der Waals surface area contributed by atoms with Crippen molar-refractivity contribution >= 4 is 50.1 Å². The van der Waals surface area contributed by atoms with Crippen LogP contribution in [0.2, 0.25) is 0 Å². The number of hydrogen-bond acceptors (Lipinski definition) is 3. The van der Waals surface area contributed by atoms with Crippen LogP contribution in [0, 0.1) is 17.8 Å². The van der Waals surface area contributed by atoms with Crippen molar-refractivity contribution in [3.8, 4) is 0 Å². The standard InChI is InChI=1S/C13H25BIO2PS/c1-8(7-15)13-11(4)9(2)10(3)12(17-13)5-6-16-14(18)19/h7,9-13,19H,5-6,18H2,1-4H3/b8-7+/t9-,10+,11+,12+,13-/m0/s1. The van der Waals surface area contributed by atoms with Gasteiger partial charge in [-0.1, -0.05) is 43.4 Å².